The van der Waals surface area contributed by atoms with Gasteiger partial charge in [0.1, 0.15) is 0 Å². The Labute approximate surface area is 115 Å². The van der Waals surface area contributed by atoms with Crippen molar-refractivity contribution in [1.29, 1.82) is 0 Å². The number of rotatable bonds is 2. The maximum Gasteiger partial charge on any atom is 0.0358 e. The molecule has 100 valence electrons. The molecule has 0 spiro atoms. The minimum absolute atomic E-state index is 0.154. The summed E-state index contributed by atoms with van der Waals surface area (Å²) >= 11 is 0. The highest BCUT2D eigenvalue weighted by Gasteiger charge is 2.36. The third-order valence-electron chi connectivity index (χ3n) is 5.00. The normalized spacial score (nSPS) is 19.7. The Kier molecular flexibility index (Phi) is 3.10. The molecule has 2 N–H and O–H groups in total. The first kappa shape index (κ1) is 12.7. The number of fused-ring (bicyclic) bond motifs is 1. The molecule has 1 atom stereocenters. The topological polar surface area (TPSA) is 26.0 Å². The second-order valence-corrected chi connectivity index (χ2v) is 6.36. The Hall–Kier alpha value is -1.34. The molecule has 19 heavy (non-hydrogen) atoms. The highest BCUT2D eigenvalue weighted by Crippen LogP contribution is 2.47. The van der Waals surface area contributed by atoms with Gasteiger partial charge in [0.2, 0.25) is 0 Å². The zero-order valence-electron chi connectivity index (χ0n) is 11.9. The number of hydrogen-bond donors (Lipinski definition) is 1. The lowest BCUT2D eigenvalue weighted by Gasteiger charge is -2.33. The number of aryl methyl sites for hydroxylation is 1. The molecular formula is C18H23N. The molecule has 1 saturated carbocycles. The minimum Gasteiger partial charge on any atom is -0.323 e. The van der Waals surface area contributed by atoms with Crippen molar-refractivity contribution < 1.29 is 0 Å². The fourth-order valence-corrected chi connectivity index (χ4v) is 3.66. The van der Waals surface area contributed by atoms with E-state index in [0.717, 1.165) is 0 Å². The molecule has 2 aromatic carbocycles. The highest BCUT2D eigenvalue weighted by atomic mass is 14.7. The Bertz CT molecular complexity index is 594. The second-order valence-electron chi connectivity index (χ2n) is 6.36. The van der Waals surface area contributed by atoms with E-state index in [2.05, 4.69) is 50.2 Å². The summed E-state index contributed by atoms with van der Waals surface area (Å²) in [5, 5.41) is 2.64. The van der Waals surface area contributed by atoms with E-state index in [0.29, 0.717) is 0 Å². The quantitative estimate of drug-likeness (QED) is 0.822. The molecule has 0 amide bonds. The second kappa shape index (κ2) is 4.64. The first-order valence-corrected chi connectivity index (χ1v) is 7.36. The number of hydrogen-bond acceptors (Lipinski definition) is 1. The van der Waals surface area contributed by atoms with Gasteiger partial charge in [0.05, 0.1) is 0 Å². The van der Waals surface area contributed by atoms with E-state index >= 15 is 0 Å². The average molecular weight is 253 g/mol. The lowest BCUT2D eigenvalue weighted by Crippen LogP contribution is -2.30. The zero-order chi connectivity index (χ0) is 13.5. The monoisotopic (exact) mass is 253 g/mol. The zero-order valence-corrected chi connectivity index (χ0v) is 11.9. The Morgan fingerprint density at radius 2 is 1.74 bits per heavy atom. The van der Waals surface area contributed by atoms with Gasteiger partial charge >= 0.3 is 0 Å². The molecule has 0 aliphatic heterocycles. The van der Waals surface area contributed by atoms with E-state index in [-0.39, 0.29) is 11.5 Å². The predicted molar refractivity (Wildman–Crippen MR) is 82.2 cm³/mol. The van der Waals surface area contributed by atoms with E-state index in [1.54, 1.807) is 0 Å². The summed E-state index contributed by atoms with van der Waals surface area (Å²) in [6.45, 7) is 4.56. The van der Waals surface area contributed by atoms with Crippen molar-refractivity contribution in [2.75, 3.05) is 0 Å². The van der Waals surface area contributed by atoms with Crippen LogP contribution in [0.5, 0.6) is 0 Å². The molecule has 0 radical (unpaired) electrons. The van der Waals surface area contributed by atoms with Crippen molar-refractivity contribution in [3.8, 4) is 0 Å². The lowest BCUT2D eigenvalue weighted by atomic mass is 9.75. The van der Waals surface area contributed by atoms with Gasteiger partial charge in [0.25, 0.3) is 0 Å². The minimum atomic E-state index is 0.154. The van der Waals surface area contributed by atoms with Crippen LogP contribution in [0.15, 0.2) is 36.4 Å². The summed E-state index contributed by atoms with van der Waals surface area (Å²) in [5.41, 5.74) is 9.67. The molecule has 1 nitrogen and oxygen atoms in total. The van der Waals surface area contributed by atoms with Crippen LogP contribution in [-0.4, -0.2) is 0 Å². The molecule has 1 fully saturated rings. The molecule has 0 heterocycles. The van der Waals surface area contributed by atoms with Crippen LogP contribution in [0.4, 0.5) is 0 Å². The van der Waals surface area contributed by atoms with Gasteiger partial charge < -0.3 is 5.73 Å². The van der Waals surface area contributed by atoms with Crippen LogP contribution in [0.25, 0.3) is 10.8 Å². The van der Waals surface area contributed by atoms with Crippen LogP contribution >= 0.6 is 0 Å². The Balaban J connectivity index is 2.16. The molecule has 1 aliphatic rings. The summed E-state index contributed by atoms with van der Waals surface area (Å²) in [6, 6.07) is 13.2. The fourth-order valence-electron chi connectivity index (χ4n) is 3.66. The van der Waals surface area contributed by atoms with Gasteiger partial charge in [-0.1, -0.05) is 56.2 Å². The average Bonchev–Trinajstić information content (AvgIpc) is 2.86. The summed E-state index contributed by atoms with van der Waals surface area (Å²) in [5.74, 6) is 0. The Morgan fingerprint density at radius 3 is 2.47 bits per heavy atom. The van der Waals surface area contributed by atoms with Gasteiger partial charge in [-0.25, -0.2) is 0 Å². The van der Waals surface area contributed by atoms with Gasteiger partial charge in [0, 0.05) is 6.04 Å². The maximum atomic E-state index is 6.70. The van der Waals surface area contributed by atoms with Crippen LogP contribution in [0, 0.1) is 12.3 Å². The van der Waals surface area contributed by atoms with Crippen molar-refractivity contribution in [2.24, 2.45) is 11.1 Å². The van der Waals surface area contributed by atoms with Crippen molar-refractivity contribution in [3.63, 3.8) is 0 Å². The van der Waals surface area contributed by atoms with Gasteiger partial charge in [-0.15, -0.1) is 0 Å². The largest absolute Gasteiger partial charge is 0.323 e. The third-order valence-corrected chi connectivity index (χ3v) is 5.00. The molecule has 0 bridgehead atoms. The lowest BCUT2D eigenvalue weighted by molar-refractivity contribution is 0.266. The first-order chi connectivity index (χ1) is 9.12. The van der Waals surface area contributed by atoms with Gasteiger partial charge in [0.15, 0.2) is 0 Å². The number of nitrogens with two attached hydrogens (primary N) is 1. The molecule has 1 heteroatoms. The van der Waals surface area contributed by atoms with Crippen molar-refractivity contribution in [1.82, 2.24) is 0 Å². The van der Waals surface area contributed by atoms with Crippen LogP contribution in [0.2, 0.25) is 0 Å². The van der Waals surface area contributed by atoms with Crippen LogP contribution in [0.1, 0.15) is 49.8 Å². The van der Waals surface area contributed by atoms with Crippen molar-refractivity contribution in [3.05, 3.63) is 47.5 Å². The summed E-state index contributed by atoms with van der Waals surface area (Å²) in [4.78, 5) is 0. The molecule has 1 unspecified atom stereocenters. The summed E-state index contributed by atoms with van der Waals surface area (Å²) in [7, 11) is 0. The number of benzene rings is 2. The Morgan fingerprint density at radius 1 is 1.05 bits per heavy atom. The van der Waals surface area contributed by atoms with Crippen LogP contribution < -0.4 is 5.73 Å². The van der Waals surface area contributed by atoms with Crippen molar-refractivity contribution in [2.45, 2.75) is 45.6 Å². The predicted octanol–water partition coefficient (Wildman–Crippen LogP) is 4.73. The molecule has 1 aliphatic carbocycles. The molecule has 3 rings (SSSR count). The maximum absolute atomic E-state index is 6.70. The summed E-state index contributed by atoms with van der Waals surface area (Å²) < 4.78 is 0. The van der Waals surface area contributed by atoms with E-state index < -0.39 is 0 Å². The molecule has 0 saturated heterocycles. The fraction of sp³-hybridized carbons (Fsp3) is 0.444. The molecule has 0 aromatic heterocycles. The van der Waals surface area contributed by atoms with Gasteiger partial charge in [-0.2, -0.15) is 0 Å². The van der Waals surface area contributed by atoms with Crippen LogP contribution in [-0.2, 0) is 0 Å². The highest BCUT2D eigenvalue weighted by molar-refractivity contribution is 5.87. The summed E-state index contributed by atoms with van der Waals surface area (Å²) in [6.07, 6.45) is 5.18. The van der Waals surface area contributed by atoms with Gasteiger partial charge in [-0.05, 0) is 47.1 Å². The molecular weight excluding hydrogens is 230 g/mol. The third kappa shape index (κ3) is 2.06. The van der Waals surface area contributed by atoms with E-state index in [9.17, 15) is 0 Å². The van der Waals surface area contributed by atoms with E-state index in [1.807, 2.05) is 0 Å². The SMILES string of the molecule is Cc1ccc2ccccc2c1C(N)C1(C)CCCC1. The van der Waals surface area contributed by atoms with Crippen molar-refractivity contribution >= 4 is 10.8 Å². The smallest absolute Gasteiger partial charge is 0.0358 e. The van der Waals surface area contributed by atoms with E-state index in [4.69, 9.17) is 5.73 Å². The standard InChI is InChI=1S/C18H23N/c1-13-9-10-14-7-3-4-8-15(14)16(13)17(19)18(2)11-5-6-12-18/h3-4,7-10,17H,5-6,11-12,19H2,1-2H3. The first-order valence-electron chi connectivity index (χ1n) is 7.36. The molecule has 2 aromatic rings. The van der Waals surface area contributed by atoms with Crippen LogP contribution in [0.3, 0.4) is 0 Å². The van der Waals surface area contributed by atoms with Gasteiger partial charge in [-0.3, -0.25) is 0 Å². The van der Waals surface area contributed by atoms with E-state index in [1.165, 1.54) is 47.6 Å².